The summed E-state index contributed by atoms with van der Waals surface area (Å²) in [5.74, 6) is 0.553. The van der Waals surface area contributed by atoms with Crippen molar-refractivity contribution in [1.29, 1.82) is 5.26 Å². The Bertz CT molecular complexity index is 656. The van der Waals surface area contributed by atoms with E-state index in [4.69, 9.17) is 22.6 Å². The van der Waals surface area contributed by atoms with E-state index in [2.05, 4.69) is 11.1 Å². The highest BCUT2D eigenvalue weighted by atomic mass is 35.5. The van der Waals surface area contributed by atoms with Gasteiger partial charge >= 0.3 is 0 Å². The Morgan fingerprint density at radius 1 is 1.21 bits per heavy atom. The quantitative estimate of drug-likeness (QED) is 0.527. The number of nitrogens with zero attached hydrogens (tertiary/aromatic N) is 2. The number of hydrogen-bond acceptors (Lipinski definition) is 2. The topological polar surface area (TPSA) is 62.2 Å². The molecular formula is C15H12ClN3. The van der Waals surface area contributed by atoms with E-state index in [1.807, 2.05) is 42.5 Å². The zero-order chi connectivity index (χ0) is 13.7. The van der Waals surface area contributed by atoms with E-state index in [1.165, 1.54) is 0 Å². The smallest absolute Gasteiger partial charge is 0.115 e. The van der Waals surface area contributed by atoms with Crippen LogP contribution in [0.2, 0.25) is 0 Å². The summed E-state index contributed by atoms with van der Waals surface area (Å²) in [6.07, 6.45) is 0. The second-order valence-electron chi connectivity index (χ2n) is 3.95. The van der Waals surface area contributed by atoms with Crippen molar-refractivity contribution in [2.45, 2.75) is 0 Å². The number of nitriles is 1. The molecule has 0 saturated heterocycles. The van der Waals surface area contributed by atoms with E-state index >= 15 is 0 Å². The lowest BCUT2D eigenvalue weighted by molar-refractivity contribution is 1.44. The molecule has 0 aliphatic heterocycles. The molecule has 0 bridgehead atoms. The predicted octanol–water partition coefficient (Wildman–Crippen LogP) is 3.45. The first-order chi connectivity index (χ1) is 9.24. The van der Waals surface area contributed by atoms with E-state index < -0.39 is 0 Å². The predicted molar refractivity (Wildman–Crippen MR) is 78.6 cm³/mol. The maximum Gasteiger partial charge on any atom is 0.115 e. The van der Waals surface area contributed by atoms with Gasteiger partial charge < -0.3 is 5.73 Å². The van der Waals surface area contributed by atoms with Gasteiger partial charge in [-0.1, -0.05) is 30.3 Å². The number of halogens is 1. The molecule has 94 valence electrons. The van der Waals surface area contributed by atoms with E-state index in [1.54, 1.807) is 6.07 Å². The Morgan fingerprint density at radius 3 is 2.74 bits per heavy atom. The summed E-state index contributed by atoms with van der Waals surface area (Å²) in [5.41, 5.74) is 8.89. The van der Waals surface area contributed by atoms with E-state index in [0.717, 1.165) is 16.8 Å². The summed E-state index contributed by atoms with van der Waals surface area (Å²) in [6.45, 7) is 0. The van der Waals surface area contributed by atoms with Gasteiger partial charge in [0, 0.05) is 5.56 Å². The Hall–Kier alpha value is -2.31. The largest absolute Gasteiger partial charge is 0.386 e. The molecular weight excluding hydrogens is 258 g/mol. The van der Waals surface area contributed by atoms with Gasteiger partial charge in [0.15, 0.2) is 0 Å². The molecule has 2 rings (SSSR count). The van der Waals surface area contributed by atoms with E-state index in [9.17, 15) is 0 Å². The number of hydrogen-bond donors (Lipinski definition) is 1. The molecule has 0 atom stereocenters. The molecule has 2 N–H and O–H groups in total. The zero-order valence-corrected chi connectivity index (χ0v) is 10.9. The van der Waals surface area contributed by atoms with Crippen molar-refractivity contribution >= 4 is 23.1 Å². The second kappa shape index (κ2) is 6.03. The summed E-state index contributed by atoms with van der Waals surface area (Å²) in [7, 11) is 0. The summed E-state index contributed by atoms with van der Waals surface area (Å²) < 4.78 is 0. The number of benzene rings is 2. The fourth-order valence-electron chi connectivity index (χ4n) is 1.76. The van der Waals surface area contributed by atoms with Crippen LogP contribution >= 0.6 is 11.6 Å². The minimum Gasteiger partial charge on any atom is -0.386 e. The van der Waals surface area contributed by atoms with Crippen LogP contribution in [0.1, 0.15) is 5.56 Å². The molecule has 19 heavy (non-hydrogen) atoms. The normalized spacial score (nSPS) is 11.1. The number of alkyl halides is 1. The second-order valence-corrected chi connectivity index (χ2v) is 4.21. The molecule has 3 nitrogen and oxygen atoms in total. The fourth-order valence-corrected chi connectivity index (χ4v) is 1.82. The van der Waals surface area contributed by atoms with Gasteiger partial charge in [0.1, 0.15) is 5.84 Å². The van der Waals surface area contributed by atoms with Crippen molar-refractivity contribution in [1.82, 2.24) is 0 Å². The Morgan fingerprint density at radius 2 is 2.00 bits per heavy atom. The maximum absolute atomic E-state index is 8.95. The lowest BCUT2D eigenvalue weighted by Crippen LogP contribution is -2.12. The molecule has 0 aliphatic carbocycles. The first-order valence-corrected chi connectivity index (χ1v) is 6.26. The summed E-state index contributed by atoms with van der Waals surface area (Å²) in [5, 5.41) is 8.95. The number of rotatable bonds is 3. The van der Waals surface area contributed by atoms with Crippen LogP contribution in [0.5, 0.6) is 0 Å². The third-order valence-corrected chi connectivity index (χ3v) is 2.88. The minimum absolute atomic E-state index is 0.187. The highest BCUT2D eigenvalue weighted by Gasteiger charge is 2.05. The van der Waals surface area contributed by atoms with Crippen molar-refractivity contribution in [3.8, 4) is 17.2 Å². The van der Waals surface area contributed by atoms with Crippen LogP contribution in [0.25, 0.3) is 11.1 Å². The van der Waals surface area contributed by atoms with Gasteiger partial charge in [0.25, 0.3) is 0 Å². The van der Waals surface area contributed by atoms with Gasteiger partial charge in [-0.15, -0.1) is 11.6 Å². The molecule has 0 saturated carbocycles. The first-order valence-electron chi connectivity index (χ1n) is 5.73. The molecule has 0 spiro atoms. The van der Waals surface area contributed by atoms with Crippen molar-refractivity contribution < 1.29 is 0 Å². The molecule has 4 heteroatoms. The molecule has 0 radical (unpaired) electrons. The van der Waals surface area contributed by atoms with Crippen LogP contribution in [0.3, 0.4) is 0 Å². The lowest BCUT2D eigenvalue weighted by Gasteiger charge is -2.06. The average molecular weight is 270 g/mol. The summed E-state index contributed by atoms with van der Waals surface area (Å²) in [6, 6.07) is 17.1. The van der Waals surface area contributed by atoms with Crippen LogP contribution in [0, 0.1) is 11.3 Å². The summed E-state index contributed by atoms with van der Waals surface area (Å²) in [4.78, 5) is 4.29. The monoisotopic (exact) mass is 269 g/mol. The van der Waals surface area contributed by atoms with Gasteiger partial charge in [-0.2, -0.15) is 5.26 Å². The molecule has 0 aromatic heterocycles. The maximum atomic E-state index is 8.95. The standard InChI is InChI=1S/C15H12ClN3/c16-9-15(18)19-14-7-2-1-6-13(14)12-5-3-4-11(8-12)10-17/h1-8H,9H2,(H2,18,19). The van der Waals surface area contributed by atoms with Crippen molar-refractivity contribution in [3.05, 3.63) is 54.1 Å². The van der Waals surface area contributed by atoms with Crippen LogP contribution in [-0.2, 0) is 0 Å². The van der Waals surface area contributed by atoms with Gasteiger partial charge in [-0.05, 0) is 23.8 Å². The van der Waals surface area contributed by atoms with Crippen LogP contribution < -0.4 is 5.73 Å². The van der Waals surface area contributed by atoms with Crippen LogP contribution in [0.15, 0.2) is 53.5 Å². The number of nitrogens with two attached hydrogens (primary N) is 1. The molecule has 2 aromatic carbocycles. The van der Waals surface area contributed by atoms with Crippen molar-refractivity contribution in [2.75, 3.05) is 5.88 Å². The average Bonchev–Trinajstić information content (AvgIpc) is 2.47. The third-order valence-electron chi connectivity index (χ3n) is 2.61. The Balaban J connectivity index is 2.53. The van der Waals surface area contributed by atoms with Crippen LogP contribution in [-0.4, -0.2) is 11.7 Å². The van der Waals surface area contributed by atoms with Gasteiger partial charge in [-0.3, -0.25) is 0 Å². The fraction of sp³-hybridized carbons (Fsp3) is 0.0667. The van der Waals surface area contributed by atoms with Crippen molar-refractivity contribution in [2.24, 2.45) is 10.7 Å². The van der Waals surface area contributed by atoms with Crippen LogP contribution in [0.4, 0.5) is 5.69 Å². The summed E-state index contributed by atoms with van der Waals surface area (Å²) >= 11 is 5.65. The number of amidine groups is 1. The molecule has 0 heterocycles. The molecule has 0 aliphatic rings. The van der Waals surface area contributed by atoms with E-state index in [0.29, 0.717) is 11.4 Å². The Labute approximate surface area is 117 Å². The zero-order valence-electron chi connectivity index (χ0n) is 10.2. The highest BCUT2D eigenvalue weighted by molar-refractivity contribution is 6.28. The molecule has 0 fully saturated rings. The molecule has 0 amide bonds. The first kappa shape index (κ1) is 13.1. The minimum atomic E-state index is 0.187. The molecule has 0 unspecified atom stereocenters. The number of para-hydroxylation sites is 1. The SMILES string of the molecule is N#Cc1cccc(-c2ccccc2N=C(N)CCl)c1. The van der Waals surface area contributed by atoms with Crippen molar-refractivity contribution in [3.63, 3.8) is 0 Å². The van der Waals surface area contributed by atoms with Gasteiger partial charge in [-0.25, -0.2) is 4.99 Å². The van der Waals surface area contributed by atoms with Gasteiger partial charge in [0.05, 0.1) is 23.2 Å². The Kier molecular flexibility index (Phi) is 4.17. The lowest BCUT2D eigenvalue weighted by atomic mass is 10.0. The third kappa shape index (κ3) is 3.12. The van der Waals surface area contributed by atoms with Gasteiger partial charge in [0.2, 0.25) is 0 Å². The highest BCUT2D eigenvalue weighted by Crippen LogP contribution is 2.30. The molecule has 2 aromatic rings. The number of aliphatic imine (C=N–C) groups is 1. The van der Waals surface area contributed by atoms with E-state index in [-0.39, 0.29) is 5.88 Å².